The highest BCUT2D eigenvalue weighted by molar-refractivity contribution is 5.97. The summed E-state index contributed by atoms with van der Waals surface area (Å²) in [5.74, 6) is -0.758. The van der Waals surface area contributed by atoms with Crippen LogP contribution < -0.4 is 15.4 Å². The third-order valence-electron chi connectivity index (χ3n) is 2.66. The van der Waals surface area contributed by atoms with E-state index in [2.05, 4.69) is 15.4 Å². The second-order valence-corrected chi connectivity index (χ2v) is 6.26. The zero-order chi connectivity index (χ0) is 19.3. The molecule has 0 aromatic heterocycles. The first-order chi connectivity index (χ1) is 11.4. The Bertz CT molecular complexity index is 612. The summed E-state index contributed by atoms with van der Waals surface area (Å²) in [6.07, 6.45) is -5.28. The molecule has 1 unspecified atom stereocenters. The van der Waals surface area contributed by atoms with E-state index in [1.165, 1.54) is 31.2 Å². The number of rotatable bonds is 5. The molecule has 1 atom stereocenters. The van der Waals surface area contributed by atoms with Gasteiger partial charge >= 0.3 is 12.3 Å². The number of para-hydroxylation sites is 2. The van der Waals surface area contributed by atoms with Crippen molar-refractivity contribution in [3.63, 3.8) is 0 Å². The van der Waals surface area contributed by atoms with E-state index in [9.17, 15) is 22.8 Å². The molecule has 0 fully saturated rings. The summed E-state index contributed by atoms with van der Waals surface area (Å²) in [5, 5.41) is 4.75. The number of carbonyl (C=O) groups excluding carboxylic acids is 2. The number of carbonyl (C=O) groups is 2. The van der Waals surface area contributed by atoms with Crippen molar-refractivity contribution in [1.82, 2.24) is 5.32 Å². The van der Waals surface area contributed by atoms with Crippen LogP contribution in [0.3, 0.4) is 0 Å². The van der Waals surface area contributed by atoms with Crippen LogP contribution in [0.5, 0.6) is 5.75 Å². The van der Waals surface area contributed by atoms with E-state index in [0.717, 1.165) is 0 Å². The first-order valence-corrected chi connectivity index (χ1v) is 7.46. The van der Waals surface area contributed by atoms with Crippen molar-refractivity contribution in [3.8, 4) is 5.75 Å². The molecule has 0 aliphatic carbocycles. The summed E-state index contributed by atoms with van der Waals surface area (Å²) in [6, 6.07) is 4.73. The van der Waals surface area contributed by atoms with Crippen LogP contribution in [0, 0.1) is 0 Å². The van der Waals surface area contributed by atoms with Gasteiger partial charge in [0.2, 0.25) is 5.91 Å². The van der Waals surface area contributed by atoms with Gasteiger partial charge in [-0.15, -0.1) is 0 Å². The van der Waals surface area contributed by atoms with Crippen LogP contribution >= 0.6 is 0 Å². The second-order valence-electron chi connectivity index (χ2n) is 6.26. The molecule has 25 heavy (non-hydrogen) atoms. The molecule has 0 aliphatic heterocycles. The average molecular weight is 362 g/mol. The van der Waals surface area contributed by atoms with Crippen LogP contribution in [0.15, 0.2) is 24.3 Å². The highest BCUT2D eigenvalue weighted by Crippen LogP contribution is 2.26. The van der Waals surface area contributed by atoms with Crippen molar-refractivity contribution >= 4 is 17.7 Å². The average Bonchev–Trinajstić information content (AvgIpc) is 2.43. The predicted octanol–water partition coefficient (Wildman–Crippen LogP) is 3.48. The quantitative estimate of drug-likeness (QED) is 0.841. The lowest BCUT2D eigenvalue weighted by Crippen LogP contribution is -2.44. The number of alkyl halides is 3. The van der Waals surface area contributed by atoms with E-state index in [1.807, 2.05) is 0 Å². The highest BCUT2D eigenvalue weighted by Gasteiger charge is 2.29. The first-order valence-electron chi connectivity index (χ1n) is 7.46. The zero-order valence-electron chi connectivity index (χ0n) is 14.4. The van der Waals surface area contributed by atoms with Gasteiger partial charge in [0, 0.05) is 0 Å². The van der Waals surface area contributed by atoms with E-state index < -0.39 is 36.4 Å². The van der Waals surface area contributed by atoms with Gasteiger partial charge in [-0.2, -0.15) is 13.2 Å². The maximum Gasteiger partial charge on any atom is 0.422 e. The number of halogens is 3. The molecule has 9 heteroatoms. The molecule has 140 valence electrons. The van der Waals surface area contributed by atoms with Crippen LogP contribution in [-0.4, -0.2) is 36.4 Å². The molecule has 0 radical (unpaired) electrons. The number of benzene rings is 1. The van der Waals surface area contributed by atoms with Gasteiger partial charge in [-0.25, -0.2) is 4.79 Å². The van der Waals surface area contributed by atoms with Gasteiger partial charge in [-0.3, -0.25) is 4.79 Å². The monoisotopic (exact) mass is 362 g/mol. The largest absolute Gasteiger partial charge is 0.482 e. The number of amides is 2. The van der Waals surface area contributed by atoms with Crippen molar-refractivity contribution < 1.29 is 32.2 Å². The number of anilines is 1. The third kappa shape index (κ3) is 8.27. The number of ether oxygens (including phenoxy) is 2. The fourth-order valence-electron chi connectivity index (χ4n) is 1.65. The molecular weight excluding hydrogens is 341 g/mol. The number of alkyl carbamates (subject to hydrolysis) is 1. The Morgan fingerprint density at radius 1 is 1.16 bits per heavy atom. The fraction of sp³-hybridized carbons (Fsp3) is 0.500. The van der Waals surface area contributed by atoms with Gasteiger partial charge in [-0.05, 0) is 39.8 Å². The molecule has 0 bridgehead atoms. The lowest BCUT2D eigenvalue weighted by Gasteiger charge is -2.22. The molecule has 2 amide bonds. The van der Waals surface area contributed by atoms with Gasteiger partial charge in [-0.1, -0.05) is 12.1 Å². The second kappa shape index (κ2) is 8.09. The molecule has 1 aromatic carbocycles. The highest BCUT2D eigenvalue weighted by atomic mass is 19.4. The molecule has 0 aliphatic rings. The third-order valence-corrected chi connectivity index (χ3v) is 2.66. The molecule has 0 saturated heterocycles. The Morgan fingerprint density at radius 2 is 1.76 bits per heavy atom. The SMILES string of the molecule is CC(NC(=O)OC(C)(C)C)C(=O)Nc1ccccc1OCC(F)(F)F. The standard InChI is InChI=1S/C16H21F3N2O4/c1-10(20-14(23)25-15(2,3)4)13(22)21-11-7-5-6-8-12(11)24-9-16(17,18)19/h5-8,10H,9H2,1-4H3,(H,20,23)(H,21,22). The normalized spacial score (nSPS) is 12.9. The molecule has 0 saturated carbocycles. The van der Waals surface area contributed by atoms with Crippen LogP contribution in [0.2, 0.25) is 0 Å². The summed E-state index contributed by atoms with van der Waals surface area (Å²) < 4.78 is 46.5. The van der Waals surface area contributed by atoms with Crippen LogP contribution in [-0.2, 0) is 9.53 Å². The Labute approximate surface area is 143 Å². The Kier molecular flexibility index (Phi) is 6.66. The van der Waals surface area contributed by atoms with Gasteiger partial charge in [0.25, 0.3) is 0 Å². The Balaban J connectivity index is 2.69. The van der Waals surface area contributed by atoms with Gasteiger partial charge in [0.05, 0.1) is 5.69 Å². The number of hydrogen-bond donors (Lipinski definition) is 2. The molecule has 1 rings (SSSR count). The minimum atomic E-state index is -4.50. The Hall–Kier alpha value is -2.45. The van der Waals surface area contributed by atoms with Crippen molar-refractivity contribution in [2.24, 2.45) is 0 Å². The molecule has 0 spiro atoms. The van der Waals surface area contributed by atoms with E-state index >= 15 is 0 Å². The lowest BCUT2D eigenvalue weighted by atomic mass is 10.2. The van der Waals surface area contributed by atoms with Gasteiger partial charge < -0.3 is 20.1 Å². The van der Waals surface area contributed by atoms with E-state index in [0.29, 0.717) is 0 Å². The fourth-order valence-corrected chi connectivity index (χ4v) is 1.65. The molecule has 2 N–H and O–H groups in total. The van der Waals surface area contributed by atoms with E-state index in [-0.39, 0.29) is 11.4 Å². The minimum absolute atomic E-state index is 0.0644. The molecular formula is C16H21F3N2O4. The topological polar surface area (TPSA) is 76.7 Å². The van der Waals surface area contributed by atoms with Crippen molar-refractivity contribution in [2.45, 2.75) is 45.5 Å². The summed E-state index contributed by atoms with van der Waals surface area (Å²) in [4.78, 5) is 23.8. The van der Waals surface area contributed by atoms with Crippen LogP contribution in [0.1, 0.15) is 27.7 Å². The maximum absolute atomic E-state index is 12.3. The van der Waals surface area contributed by atoms with E-state index in [4.69, 9.17) is 4.74 Å². The smallest absolute Gasteiger partial charge is 0.422 e. The lowest BCUT2D eigenvalue weighted by molar-refractivity contribution is -0.153. The van der Waals surface area contributed by atoms with Crippen molar-refractivity contribution in [1.29, 1.82) is 0 Å². The minimum Gasteiger partial charge on any atom is -0.482 e. The van der Waals surface area contributed by atoms with E-state index in [1.54, 1.807) is 20.8 Å². The van der Waals surface area contributed by atoms with Gasteiger partial charge in [0.1, 0.15) is 17.4 Å². The summed E-state index contributed by atoms with van der Waals surface area (Å²) in [6.45, 7) is 4.95. The molecule has 6 nitrogen and oxygen atoms in total. The summed E-state index contributed by atoms with van der Waals surface area (Å²) in [7, 11) is 0. The van der Waals surface area contributed by atoms with Gasteiger partial charge in [0.15, 0.2) is 6.61 Å². The molecule has 1 aromatic rings. The summed E-state index contributed by atoms with van der Waals surface area (Å²) >= 11 is 0. The number of nitrogens with one attached hydrogen (secondary N) is 2. The van der Waals surface area contributed by atoms with Crippen LogP contribution in [0.25, 0.3) is 0 Å². The number of hydrogen-bond acceptors (Lipinski definition) is 4. The maximum atomic E-state index is 12.3. The predicted molar refractivity (Wildman–Crippen MR) is 85.5 cm³/mol. The van der Waals surface area contributed by atoms with Crippen molar-refractivity contribution in [3.05, 3.63) is 24.3 Å². The molecule has 0 heterocycles. The zero-order valence-corrected chi connectivity index (χ0v) is 14.4. The van der Waals surface area contributed by atoms with Crippen molar-refractivity contribution in [2.75, 3.05) is 11.9 Å². The Morgan fingerprint density at radius 3 is 2.32 bits per heavy atom. The van der Waals surface area contributed by atoms with Crippen LogP contribution in [0.4, 0.5) is 23.7 Å². The first kappa shape index (κ1) is 20.6. The summed E-state index contributed by atoms with van der Waals surface area (Å²) in [5.41, 5.74) is -0.659.